The quantitative estimate of drug-likeness (QED) is 0.257. The lowest BCUT2D eigenvalue weighted by Gasteiger charge is -2.27. The van der Waals surface area contributed by atoms with Crippen LogP contribution in [0.1, 0.15) is 40.0 Å². The molecule has 1 aliphatic heterocycles. The average Bonchev–Trinajstić information content (AvgIpc) is 3.03. The van der Waals surface area contributed by atoms with E-state index in [0.717, 1.165) is 24.0 Å². The number of allylic oxidation sites excluding steroid dienone is 3. The number of carbonyl (C=O) groups excluding carboxylic acids is 3. The number of rotatable bonds is 7. The molecule has 8 heteroatoms. The fraction of sp³-hybridized carbons (Fsp3) is 0.480. The summed E-state index contributed by atoms with van der Waals surface area (Å²) in [7, 11) is 0. The van der Waals surface area contributed by atoms with Gasteiger partial charge in [0.1, 0.15) is 18.8 Å². The maximum atomic E-state index is 13.0. The number of aliphatic hydroxyl groups is 2. The van der Waals surface area contributed by atoms with Crippen molar-refractivity contribution >= 4 is 17.9 Å². The fourth-order valence-corrected chi connectivity index (χ4v) is 3.77. The number of aliphatic hydroxyl groups excluding tert-OH is 2. The van der Waals surface area contributed by atoms with Crippen molar-refractivity contribution in [1.82, 2.24) is 0 Å². The summed E-state index contributed by atoms with van der Waals surface area (Å²) in [5.41, 5.74) is 2.27. The predicted molar refractivity (Wildman–Crippen MR) is 121 cm³/mol. The molecule has 180 valence electrons. The standard InChI is InChI=1S/C25H32O8/c1-5-18(13-27)24(29)31-14-19(9-10-26)25(30)33-21-12-16(3)8-6-7-15(2)11-20-22(21)17(4)23(28)32-20/h5,8-9,11,20-22,26-27H,4,6-7,10,12-14H2,1-3H3. The van der Waals surface area contributed by atoms with E-state index in [-0.39, 0.29) is 16.7 Å². The number of hydrogen-bond donors (Lipinski definition) is 2. The van der Waals surface area contributed by atoms with Gasteiger partial charge in [0.15, 0.2) is 0 Å². The molecule has 3 unspecified atom stereocenters. The maximum Gasteiger partial charge on any atom is 0.337 e. The smallest absolute Gasteiger partial charge is 0.337 e. The lowest BCUT2D eigenvalue weighted by Crippen LogP contribution is -2.34. The second kappa shape index (κ2) is 12.3. The molecule has 8 nitrogen and oxygen atoms in total. The minimum atomic E-state index is -0.788. The van der Waals surface area contributed by atoms with Crippen LogP contribution in [0.25, 0.3) is 0 Å². The largest absolute Gasteiger partial charge is 0.458 e. The van der Waals surface area contributed by atoms with Crippen LogP contribution in [0, 0.1) is 5.92 Å². The van der Waals surface area contributed by atoms with Crippen molar-refractivity contribution in [2.45, 2.75) is 52.2 Å². The predicted octanol–water partition coefficient (Wildman–Crippen LogP) is 2.47. The van der Waals surface area contributed by atoms with Crippen LogP contribution in [0.4, 0.5) is 0 Å². The molecule has 33 heavy (non-hydrogen) atoms. The number of esters is 3. The van der Waals surface area contributed by atoms with E-state index in [9.17, 15) is 24.6 Å². The van der Waals surface area contributed by atoms with E-state index in [0.29, 0.717) is 6.42 Å². The van der Waals surface area contributed by atoms with Crippen LogP contribution in [0.5, 0.6) is 0 Å². The summed E-state index contributed by atoms with van der Waals surface area (Å²) < 4.78 is 16.4. The Kier molecular flexibility index (Phi) is 9.81. The van der Waals surface area contributed by atoms with Gasteiger partial charge in [-0.1, -0.05) is 29.9 Å². The Morgan fingerprint density at radius 2 is 1.94 bits per heavy atom. The van der Waals surface area contributed by atoms with Gasteiger partial charge in [0.05, 0.1) is 30.3 Å². The van der Waals surface area contributed by atoms with Crippen molar-refractivity contribution in [2.75, 3.05) is 19.8 Å². The summed E-state index contributed by atoms with van der Waals surface area (Å²) >= 11 is 0. The Hall–Kier alpha value is -2.97. The van der Waals surface area contributed by atoms with Crippen LogP contribution in [0.2, 0.25) is 0 Å². The Labute approximate surface area is 193 Å². The first-order valence-corrected chi connectivity index (χ1v) is 10.9. The molecule has 0 aromatic rings. The zero-order valence-electron chi connectivity index (χ0n) is 19.3. The van der Waals surface area contributed by atoms with E-state index >= 15 is 0 Å². The van der Waals surface area contributed by atoms with Crippen molar-refractivity contribution in [2.24, 2.45) is 5.92 Å². The molecular formula is C25H32O8. The fourth-order valence-electron chi connectivity index (χ4n) is 3.77. The molecule has 2 rings (SSSR count). The number of hydrogen-bond acceptors (Lipinski definition) is 8. The van der Waals surface area contributed by atoms with Crippen molar-refractivity contribution in [1.29, 1.82) is 0 Å². The minimum Gasteiger partial charge on any atom is -0.458 e. The second-order valence-corrected chi connectivity index (χ2v) is 8.13. The van der Waals surface area contributed by atoms with Crippen molar-refractivity contribution < 1.29 is 38.8 Å². The zero-order chi connectivity index (χ0) is 24.5. The zero-order valence-corrected chi connectivity index (χ0v) is 19.3. The first-order chi connectivity index (χ1) is 15.7. The molecule has 1 fully saturated rings. The molecule has 0 aromatic heterocycles. The van der Waals surface area contributed by atoms with Gasteiger partial charge in [-0.3, -0.25) is 0 Å². The van der Waals surface area contributed by atoms with E-state index in [1.165, 1.54) is 12.2 Å². The van der Waals surface area contributed by atoms with E-state index < -0.39 is 55.9 Å². The number of fused-ring (bicyclic) bond motifs is 1. The Bertz CT molecular complexity index is 905. The van der Waals surface area contributed by atoms with E-state index in [1.54, 1.807) is 6.92 Å². The lowest BCUT2D eigenvalue weighted by atomic mass is 9.85. The highest BCUT2D eigenvalue weighted by molar-refractivity contribution is 5.93. The molecule has 0 amide bonds. The van der Waals surface area contributed by atoms with Crippen LogP contribution in [-0.4, -0.2) is 60.1 Å². The molecule has 1 aliphatic carbocycles. The lowest BCUT2D eigenvalue weighted by molar-refractivity contribution is -0.148. The molecule has 2 aliphatic rings. The van der Waals surface area contributed by atoms with Crippen LogP contribution >= 0.6 is 0 Å². The topological polar surface area (TPSA) is 119 Å². The third-order valence-corrected chi connectivity index (χ3v) is 5.66. The van der Waals surface area contributed by atoms with Gasteiger partial charge in [0.25, 0.3) is 0 Å². The van der Waals surface area contributed by atoms with Gasteiger partial charge in [-0.25, -0.2) is 14.4 Å². The second-order valence-electron chi connectivity index (χ2n) is 8.13. The van der Waals surface area contributed by atoms with Gasteiger partial charge in [0.2, 0.25) is 0 Å². The summed E-state index contributed by atoms with van der Waals surface area (Å²) in [6, 6.07) is 0. The Balaban J connectivity index is 2.26. The highest BCUT2D eigenvalue weighted by atomic mass is 16.6. The van der Waals surface area contributed by atoms with Gasteiger partial charge < -0.3 is 24.4 Å². The highest BCUT2D eigenvalue weighted by Crippen LogP contribution is 2.36. The van der Waals surface area contributed by atoms with Gasteiger partial charge in [-0.2, -0.15) is 0 Å². The SMILES string of the molecule is C=C1C(=O)OC2C=C(C)CCC=C(C)CC(OC(=O)C(=CCO)COC(=O)C(=CC)CO)C12. The third-order valence-electron chi connectivity index (χ3n) is 5.66. The molecule has 0 radical (unpaired) electrons. The molecule has 0 saturated carbocycles. The van der Waals surface area contributed by atoms with Crippen LogP contribution in [-0.2, 0) is 28.6 Å². The summed E-state index contributed by atoms with van der Waals surface area (Å²) in [4.78, 5) is 37.2. The van der Waals surface area contributed by atoms with Crippen molar-refractivity contribution in [3.05, 3.63) is 58.7 Å². The molecule has 2 N–H and O–H groups in total. The van der Waals surface area contributed by atoms with Gasteiger partial charge in [-0.05, 0) is 45.8 Å². The molecular weight excluding hydrogens is 428 g/mol. The van der Waals surface area contributed by atoms with E-state index in [1.807, 2.05) is 19.9 Å². The molecule has 0 aromatic carbocycles. The van der Waals surface area contributed by atoms with Crippen LogP contribution in [0.3, 0.4) is 0 Å². The Morgan fingerprint density at radius 3 is 2.58 bits per heavy atom. The average molecular weight is 461 g/mol. The normalized spacial score (nSPS) is 24.3. The highest BCUT2D eigenvalue weighted by Gasteiger charge is 2.44. The number of ether oxygens (including phenoxy) is 3. The van der Waals surface area contributed by atoms with E-state index in [4.69, 9.17) is 14.2 Å². The summed E-state index contributed by atoms with van der Waals surface area (Å²) in [6.07, 6.45) is 7.20. The summed E-state index contributed by atoms with van der Waals surface area (Å²) in [5, 5.41) is 18.5. The first-order valence-electron chi connectivity index (χ1n) is 10.9. The number of carbonyl (C=O) groups is 3. The minimum absolute atomic E-state index is 0.0442. The van der Waals surface area contributed by atoms with Gasteiger partial charge in [0, 0.05) is 12.0 Å². The van der Waals surface area contributed by atoms with Crippen molar-refractivity contribution in [3.8, 4) is 0 Å². The van der Waals surface area contributed by atoms with E-state index in [2.05, 4.69) is 12.7 Å². The first kappa shape index (κ1) is 26.3. The maximum absolute atomic E-state index is 13.0. The monoisotopic (exact) mass is 460 g/mol. The van der Waals surface area contributed by atoms with Crippen molar-refractivity contribution in [3.63, 3.8) is 0 Å². The van der Waals surface area contributed by atoms with Gasteiger partial charge >= 0.3 is 17.9 Å². The van der Waals surface area contributed by atoms with Gasteiger partial charge in [-0.15, -0.1) is 0 Å². The van der Waals surface area contributed by atoms with Crippen LogP contribution in [0.15, 0.2) is 58.7 Å². The Morgan fingerprint density at radius 1 is 1.21 bits per heavy atom. The third kappa shape index (κ3) is 7.00. The molecule has 0 bridgehead atoms. The summed E-state index contributed by atoms with van der Waals surface area (Å²) in [6.45, 7) is 7.91. The molecule has 0 spiro atoms. The molecule has 1 saturated heterocycles. The van der Waals surface area contributed by atoms with Crippen LogP contribution < -0.4 is 0 Å². The molecule has 3 atom stereocenters. The molecule has 1 heterocycles. The summed E-state index contributed by atoms with van der Waals surface area (Å²) in [5.74, 6) is -2.67.